The average molecular weight is 450 g/mol. The number of fused-ring (bicyclic) bond motifs is 1. The molecule has 1 aromatic heterocycles. The van der Waals surface area contributed by atoms with Crippen molar-refractivity contribution < 1.29 is 19.4 Å². The van der Waals surface area contributed by atoms with Crippen LogP contribution in [0.4, 0.5) is 10.2 Å². The number of aromatic nitrogens is 2. The maximum absolute atomic E-state index is 14.5. The molecular weight excluding hydrogens is 425 g/mol. The Morgan fingerprint density at radius 3 is 3.00 bits per heavy atom. The number of nitrogens with zero attached hydrogens (tertiary/aromatic N) is 2. The van der Waals surface area contributed by atoms with Crippen molar-refractivity contribution in [1.29, 1.82) is 0 Å². The molecule has 3 aliphatic rings. The van der Waals surface area contributed by atoms with E-state index in [0.29, 0.717) is 35.7 Å². The predicted molar refractivity (Wildman–Crippen MR) is 114 cm³/mol. The highest BCUT2D eigenvalue weighted by molar-refractivity contribution is 6.31. The molecule has 1 aromatic rings. The number of anilines is 1. The number of Topliss-reactive ketones (excluding diaryl/α,β-unsaturated/α-hetero) is 1. The summed E-state index contributed by atoms with van der Waals surface area (Å²) < 4.78 is 14.5. The molecule has 5 N–H and O–H groups in total. The number of rotatable bonds is 6. The predicted octanol–water partition coefficient (Wildman–Crippen LogP) is 1.92. The Balaban J connectivity index is 1.51. The average Bonchev–Trinajstić information content (AvgIpc) is 3.12. The smallest absolute Gasteiger partial charge is 0.183 e. The summed E-state index contributed by atoms with van der Waals surface area (Å²) in [5, 5.41) is 30.2. The van der Waals surface area contributed by atoms with Gasteiger partial charge in [0.05, 0.1) is 16.8 Å². The Bertz CT molecular complexity index is 980. The van der Waals surface area contributed by atoms with Crippen LogP contribution in [0.5, 0.6) is 0 Å². The van der Waals surface area contributed by atoms with Crippen LogP contribution in [0.25, 0.3) is 5.57 Å². The van der Waals surface area contributed by atoms with Gasteiger partial charge < -0.3 is 26.2 Å². The zero-order valence-electron chi connectivity index (χ0n) is 17.0. The van der Waals surface area contributed by atoms with Crippen molar-refractivity contribution >= 4 is 28.8 Å². The van der Waals surface area contributed by atoms with E-state index in [0.717, 1.165) is 11.8 Å². The van der Waals surface area contributed by atoms with Crippen molar-refractivity contribution in [2.24, 2.45) is 0 Å². The summed E-state index contributed by atoms with van der Waals surface area (Å²) in [7, 11) is 0. The van der Waals surface area contributed by atoms with Gasteiger partial charge in [0.15, 0.2) is 23.2 Å². The number of aliphatic hydroxyl groups excluding tert-OH is 1. The van der Waals surface area contributed by atoms with Crippen LogP contribution < -0.4 is 16.0 Å². The minimum absolute atomic E-state index is 0.0384. The Kier molecular flexibility index (Phi) is 6.00. The lowest BCUT2D eigenvalue weighted by Crippen LogP contribution is -2.43. The third-order valence-electron chi connectivity index (χ3n) is 5.81. The SMILES string of the molecule is CC(O)C(=O)C[C@]1(O)CCC[C@@H](Nc2nc(C3=CNC4NC=C(Cl)C=C34)ncc2F)C1. The van der Waals surface area contributed by atoms with Crippen molar-refractivity contribution in [3.05, 3.63) is 46.9 Å². The number of hydrogen-bond donors (Lipinski definition) is 5. The summed E-state index contributed by atoms with van der Waals surface area (Å²) in [5.74, 6) is -0.629. The number of halogens is 2. The molecule has 0 amide bonds. The number of nitrogens with one attached hydrogen (secondary N) is 3. The molecule has 1 fully saturated rings. The second kappa shape index (κ2) is 8.57. The molecule has 0 aromatic carbocycles. The summed E-state index contributed by atoms with van der Waals surface area (Å²) in [4.78, 5) is 20.4. The fourth-order valence-corrected chi connectivity index (χ4v) is 4.41. The second-order valence-corrected chi connectivity index (χ2v) is 8.76. The molecule has 0 saturated heterocycles. The number of ketones is 1. The lowest BCUT2D eigenvalue weighted by atomic mass is 9.78. The van der Waals surface area contributed by atoms with Gasteiger partial charge >= 0.3 is 0 Å². The van der Waals surface area contributed by atoms with Gasteiger partial charge in [-0.15, -0.1) is 0 Å². The molecule has 8 nitrogen and oxygen atoms in total. The summed E-state index contributed by atoms with van der Waals surface area (Å²) in [5.41, 5.74) is 0.326. The van der Waals surface area contributed by atoms with Crippen molar-refractivity contribution in [2.45, 2.75) is 62.9 Å². The van der Waals surface area contributed by atoms with Gasteiger partial charge in [-0.3, -0.25) is 4.79 Å². The van der Waals surface area contributed by atoms with Crippen LogP contribution in [0.1, 0.15) is 44.9 Å². The topological polar surface area (TPSA) is 119 Å². The number of carbonyl (C=O) groups is 1. The van der Waals surface area contributed by atoms with Crippen LogP contribution in [0, 0.1) is 5.82 Å². The van der Waals surface area contributed by atoms with Gasteiger partial charge in [0, 0.05) is 36.0 Å². The zero-order valence-corrected chi connectivity index (χ0v) is 17.8. The Hall–Kier alpha value is -2.49. The quantitative estimate of drug-likeness (QED) is 0.447. The maximum atomic E-state index is 14.5. The molecule has 2 aliphatic heterocycles. The molecule has 0 bridgehead atoms. The molecule has 31 heavy (non-hydrogen) atoms. The van der Waals surface area contributed by atoms with Crippen LogP contribution in [-0.4, -0.2) is 49.9 Å². The van der Waals surface area contributed by atoms with Gasteiger partial charge in [-0.2, -0.15) is 0 Å². The molecule has 3 heterocycles. The Morgan fingerprint density at radius 2 is 2.23 bits per heavy atom. The van der Waals surface area contributed by atoms with E-state index < -0.39 is 23.3 Å². The summed E-state index contributed by atoms with van der Waals surface area (Å²) in [6, 6.07) is -0.269. The van der Waals surface area contributed by atoms with Crippen LogP contribution in [0.3, 0.4) is 0 Å². The molecule has 0 radical (unpaired) electrons. The minimum atomic E-state index is -1.23. The first-order valence-corrected chi connectivity index (χ1v) is 10.6. The number of aliphatic hydroxyl groups is 2. The van der Waals surface area contributed by atoms with E-state index in [1.807, 2.05) is 0 Å². The first-order chi connectivity index (χ1) is 14.7. The second-order valence-electron chi connectivity index (χ2n) is 8.32. The summed E-state index contributed by atoms with van der Waals surface area (Å²) in [6.07, 6.45) is 7.03. The molecule has 166 valence electrons. The molecule has 1 aliphatic carbocycles. The number of hydrogen-bond acceptors (Lipinski definition) is 8. The normalized spacial score (nSPS) is 28.4. The largest absolute Gasteiger partial charge is 0.389 e. The van der Waals surface area contributed by atoms with Gasteiger partial charge in [0.2, 0.25) is 0 Å². The van der Waals surface area contributed by atoms with E-state index in [1.54, 1.807) is 18.5 Å². The first-order valence-electron chi connectivity index (χ1n) is 10.3. The molecule has 4 rings (SSSR count). The maximum Gasteiger partial charge on any atom is 0.183 e. The van der Waals surface area contributed by atoms with Crippen LogP contribution in [0.2, 0.25) is 0 Å². The Morgan fingerprint density at radius 1 is 1.45 bits per heavy atom. The highest BCUT2D eigenvalue weighted by Gasteiger charge is 2.37. The zero-order chi connectivity index (χ0) is 22.2. The van der Waals surface area contributed by atoms with Gasteiger partial charge in [0.1, 0.15) is 12.3 Å². The van der Waals surface area contributed by atoms with Gasteiger partial charge in [-0.1, -0.05) is 11.6 Å². The van der Waals surface area contributed by atoms with Crippen LogP contribution in [-0.2, 0) is 4.79 Å². The van der Waals surface area contributed by atoms with E-state index in [1.165, 1.54) is 6.92 Å². The van der Waals surface area contributed by atoms with Crippen LogP contribution >= 0.6 is 11.6 Å². The molecular formula is C21H25ClFN5O3. The third kappa shape index (κ3) is 4.73. The van der Waals surface area contributed by atoms with Crippen molar-refractivity contribution in [3.63, 3.8) is 0 Å². The standard InChI is InChI=1S/C21H25ClFN5O3/c1-11(29)17(30)7-21(31)4-2-3-13(6-21)27-20-16(23)10-26-19(28-20)15-9-25-18-14(15)5-12(22)8-24-18/h5,8-11,13,18,24-25,29,31H,2-4,6-7H2,1H3,(H,26,27,28)/t11?,13-,18?,21+/m1/s1. The number of dihydropyridines is 1. The molecule has 2 unspecified atom stereocenters. The monoisotopic (exact) mass is 449 g/mol. The molecule has 0 spiro atoms. The summed E-state index contributed by atoms with van der Waals surface area (Å²) in [6.45, 7) is 1.39. The number of carbonyl (C=O) groups excluding carboxylic acids is 1. The van der Waals surface area contributed by atoms with Gasteiger partial charge in [-0.25, -0.2) is 14.4 Å². The van der Waals surface area contributed by atoms with E-state index in [4.69, 9.17) is 11.6 Å². The summed E-state index contributed by atoms with van der Waals surface area (Å²) >= 11 is 6.09. The lowest BCUT2D eigenvalue weighted by molar-refractivity contribution is -0.132. The van der Waals surface area contributed by atoms with Gasteiger partial charge in [-0.05, 0) is 38.7 Å². The fourth-order valence-electron chi connectivity index (χ4n) is 4.23. The van der Waals surface area contributed by atoms with Crippen molar-refractivity contribution in [1.82, 2.24) is 20.6 Å². The first kappa shape index (κ1) is 21.7. The lowest BCUT2D eigenvalue weighted by Gasteiger charge is -2.37. The van der Waals surface area contributed by atoms with E-state index >= 15 is 0 Å². The minimum Gasteiger partial charge on any atom is -0.389 e. The molecule has 4 atom stereocenters. The van der Waals surface area contributed by atoms with Gasteiger partial charge in [0.25, 0.3) is 0 Å². The molecule has 10 heteroatoms. The Labute approximate surface area is 184 Å². The third-order valence-corrected chi connectivity index (χ3v) is 6.03. The van der Waals surface area contributed by atoms with Crippen LogP contribution in [0.15, 0.2) is 35.3 Å². The number of allylic oxidation sites excluding steroid dienone is 2. The van der Waals surface area contributed by atoms with Crippen molar-refractivity contribution in [2.75, 3.05) is 5.32 Å². The fraction of sp³-hybridized carbons (Fsp3) is 0.476. The van der Waals surface area contributed by atoms with E-state index in [9.17, 15) is 19.4 Å². The molecule has 1 saturated carbocycles. The van der Waals surface area contributed by atoms with E-state index in [-0.39, 0.29) is 30.9 Å². The van der Waals surface area contributed by atoms with Crippen molar-refractivity contribution in [3.8, 4) is 0 Å². The highest BCUT2D eigenvalue weighted by Crippen LogP contribution is 2.34. The van der Waals surface area contributed by atoms with E-state index in [2.05, 4.69) is 25.9 Å². The highest BCUT2D eigenvalue weighted by atomic mass is 35.5.